The predicted molar refractivity (Wildman–Crippen MR) is 147 cm³/mol. The molecule has 2 amide bonds. The molecule has 2 N–H and O–H groups in total. The Hall–Kier alpha value is -2.47. The van der Waals surface area contributed by atoms with Gasteiger partial charge < -0.3 is 10.4 Å². The third kappa shape index (κ3) is 11.7. The summed E-state index contributed by atoms with van der Waals surface area (Å²) in [5.41, 5.74) is 1.72. The molecular weight excluding hydrogens is 456 g/mol. The molecule has 0 heterocycles. The Morgan fingerprint density at radius 1 is 0.771 bits per heavy atom. The van der Waals surface area contributed by atoms with Crippen molar-refractivity contribution in [3.8, 4) is 0 Å². The van der Waals surface area contributed by atoms with Gasteiger partial charge in [0, 0.05) is 28.6 Å². The number of carbonyl (C=O) groups excluding carboxylic acids is 1. The number of carboxylic acids is 1. The van der Waals surface area contributed by atoms with E-state index in [-0.39, 0.29) is 12.5 Å². The number of nitrogens with one attached hydrogen (secondary N) is 1. The molecule has 0 atom stereocenters. The minimum absolute atomic E-state index is 0.00888. The van der Waals surface area contributed by atoms with Gasteiger partial charge in [-0.25, -0.2) is 4.79 Å². The van der Waals surface area contributed by atoms with E-state index in [1.807, 2.05) is 53.4 Å². The van der Waals surface area contributed by atoms with Crippen molar-refractivity contribution in [3.63, 3.8) is 0 Å². The normalized spacial score (nSPS) is 10.8. The monoisotopic (exact) mass is 498 g/mol. The van der Waals surface area contributed by atoms with Gasteiger partial charge in [0.1, 0.15) is 0 Å². The summed E-state index contributed by atoms with van der Waals surface area (Å²) in [7, 11) is 0. The van der Waals surface area contributed by atoms with Gasteiger partial charge in [-0.1, -0.05) is 89.1 Å². The number of rotatable bonds is 17. The van der Waals surface area contributed by atoms with E-state index in [0.29, 0.717) is 0 Å². The Labute approximate surface area is 215 Å². The van der Waals surface area contributed by atoms with Crippen LogP contribution in [0.3, 0.4) is 0 Å². The Kier molecular flexibility index (Phi) is 14.0. The van der Waals surface area contributed by atoms with Gasteiger partial charge in [-0.3, -0.25) is 9.69 Å². The quantitative estimate of drug-likeness (QED) is 0.217. The molecule has 5 nitrogen and oxygen atoms in total. The summed E-state index contributed by atoms with van der Waals surface area (Å²) < 4.78 is 0. The van der Waals surface area contributed by atoms with Crippen LogP contribution in [-0.2, 0) is 11.2 Å². The number of amides is 2. The fraction of sp³-hybridized carbons (Fsp3) is 0.517. The second kappa shape index (κ2) is 17.0. The summed E-state index contributed by atoms with van der Waals surface area (Å²) in [6.45, 7) is 5.87. The summed E-state index contributed by atoms with van der Waals surface area (Å²) >= 11 is 1.63. The fourth-order valence-electron chi connectivity index (χ4n) is 3.92. The van der Waals surface area contributed by atoms with Crippen LogP contribution in [0.1, 0.15) is 83.6 Å². The topological polar surface area (TPSA) is 69.6 Å². The van der Waals surface area contributed by atoms with Crippen molar-refractivity contribution in [2.75, 3.05) is 18.0 Å². The van der Waals surface area contributed by atoms with E-state index in [2.05, 4.69) is 19.2 Å². The van der Waals surface area contributed by atoms with Crippen molar-refractivity contribution in [2.24, 2.45) is 0 Å². The number of urea groups is 1. The highest BCUT2D eigenvalue weighted by molar-refractivity contribution is 7.99. The van der Waals surface area contributed by atoms with Gasteiger partial charge in [0.05, 0.1) is 6.42 Å². The van der Waals surface area contributed by atoms with E-state index < -0.39 is 5.97 Å². The average molecular weight is 499 g/mol. The number of unbranched alkanes of at least 4 members (excludes halogenated alkanes) is 8. The van der Waals surface area contributed by atoms with Crippen molar-refractivity contribution in [1.82, 2.24) is 5.32 Å². The number of carboxylic acid groups (broad SMARTS) is 1. The van der Waals surface area contributed by atoms with Gasteiger partial charge in [-0.2, -0.15) is 0 Å². The molecule has 192 valence electrons. The smallest absolute Gasteiger partial charge is 0.321 e. The van der Waals surface area contributed by atoms with Crippen LogP contribution in [0.4, 0.5) is 10.5 Å². The molecule has 2 aromatic rings. The first-order valence-electron chi connectivity index (χ1n) is 13.2. The van der Waals surface area contributed by atoms with E-state index in [1.54, 1.807) is 11.8 Å². The van der Waals surface area contributed by atoms with Gasteiger partial charge in [0.15, 0.2) is 0 Å². The average Bonchev–Trinajstić information content (AvgIpc) is 2.85. The first-order chi connectivity index (χ1) is 17.0. The lowest BCUT2D eigenvalue weighted by atomic mass is 10.1. The summed E-state index contributed by atoms with van der Waals surface area (Å²) in [6.07, 6.45) is 11.7. The minimum Gasteiger partial charge on any atom is -0.481 e. The molecule has 0 aliphatic heterocycles. The molecule has 2 aromatic carbocycles. The van der Waals surface area contributed by atoms with Crippen LogP contribution >= 0.6 is 11.8 Å². The molecule has 0 aliphatic carbocycles. The Morgan fingerprint density at radius 2 is 1.31 bits per heavy atom. The zero-order valence-corrected chi connectivity index (χ0v) is 22.2. The summed E-state index contributed by atoms with van der Waals surface area (Å²) in [6, 6.07) is 15.8. The van der Waals surface area contributed by atoms with Crippen molar-refractivity contribution in [3.05, 3.63) is 54.1 Å². The summed E-state index contributed by atoms with van der Waals surface area (Å²) in [5.74, 6) is -0.823. The second-order valence-corrected chi connectivity index (χ2v) is 10.2. The SMILES string of the molecule is CCCCCCCNC(=O)N(CCCCCCC)c1ccc(Sc2ccc(CC(=O)O)cc2)cc1. The maximum absolute atomic E-state index is 13.0. The second-order valence-electron chi connectivity index (χ2n) is 9.02. The molecular formula is C29H42N2O3S. The zero-order chi connectivity index (χ0) is 25.3. The molecule has 0 fully saturated rings. The standard InChI is InChI=1S/C29H42N2O3S/c1-3-5-7-9-11-21-30-29(34)31(22-12-10-8-6-4-2)25-15-19-27(20-16-25)35-26-17-13-24(14-18-26)23-28(32)33/h13-20H,3-12,21-23H2,1-2H3,(H,30,34)(H,32,33). The van der Waals surface area contributed by atoms with Crippen molar-refractivity contribution >= 4 is 29.4 Å². The highest BCUT2D eigenvalue weighted by Gasteiger charge is 2.15. The van der Waals surface area contributed by atoms with E-state index in [4.69, 9.17) is 5.11 Å². The first-order valence-corrected chi connectivity index (χ1v) is 14.0. The number of aliphatic carboxylic acids is 1. The van der Waals surface area contributed by atoms with Gasteiger partial charge >= 0.3 is 12.0 Å². The first kappa shape index (κ1) is 28.8. The van der Waals surface area contributed by atoms with Crippen molar-refractivity contribution in [2.45, 2.75) is 94.3 Å². The zero-order valence-electron chi connectivity index (χ0n) is 21.4. The van der Waals surface area contributed by atoms with E-state index >= 15 is 0 Å². The molecule has 0 spiro atoms. The summed E-state index contributed by atoms with van der Waals surface area (Å²) in [4.78, 5) is 27.9. The lowest BCUT2D eigenvalue weighted by Crippen LogP contribution is -2.41. The molecule has 35 heavy (non-hydrogen) atoms. The van der Waals surface area contributed by atoms with Crippen LogP contribution < -0.4 is 10.2 Å². The van der Waals surface area contributed by atoms with E-state index in [9.17, 15) is 9.59 Å². The van der Waals surface area contributed by atoms with Crippen LogP contribution in [0.5, 0.6) is 0 Å². The number of anilines is 1. The molecule has 0 saturated carbocycles. The highest BCUT2D eigenvalue weighted by atomic mass is 32.2. The maximum atomic E-state index is 13.0. The van der Waals surface area contributed by atoms with Gasteiger partial charge in [-0.05, 0) is 54.8 Å². The number of hydrogen-bond acceptors (Lipinski definition) is 3. The maximum Gasteiger partial charge on any atom is 0.321 e. The number of benzene rings is 2. The molecule has 0 saturated heterocycles. The van der Waals surface area contributed by atoms with Crippen LogP contribution in [0.15, 0.2) is 58.3 Å². The molecule has 0 aromatic heterocycles. The Balaban J connectivity index is 1.96. The van der Waals surface area contributed by atoms with Gasteiger partial charge in [0.25, 0.3) is 0 Å². The van der Waals surface area contributed by atoms with Crippen LogP contribution in [-0.4, -0.2) is 30.2 Å². The predicted octanol–water partition coefficient (Wildman–Crippen LogP) is 7.92. The Morgan fingerprint density at radius 3 is 1.89 bits per heavy atom. The molecule has 0 unspecified atom stereocenters. The third-order valence-corrected chi connectivity index (χ3v) is 6.97. The highest BCUT2D eigenvalue weighted by Crippen LogP contribution is 2.30. The van der Waals surface area contributed by atoms with Crippen LogP contribution in [0.2, 0.25) is 0 Å². The molecule has 6 heteroatoms. The lowest BCUT2D eigenvalue weighted by Gasteiger charge is -2.23. The van der Waals surface area contributed by atoms with Crippen LogP contribution in [0, 0.1) is 0 Å². The minimum atomic E-state index is -0.823. The Bertz CT molecular complexity index is 869. The third-order valence-electron chi connectivity index (χ3n) is 5.95. The molecule has 0 aliphatic rings. The molecule has 0 bridgehead atoms. The summed E-state index contributed by atoms with van der Waals surface area (Å²) in [5, 5.41) is 12.1. The van der Waals surface area contributed by atoms with Gasteiger partial charge in [0.2, 0.25) is 0 Å². The van der Waals surface area contributed by atoms with E-state index in [1.165, 1.54) is 38.5 Å². The number of carbonyl (C=O) groups is 2. The number of nitrogens with zero attached hydrogens (tertiary/aromatic N) is 1. The number of hydrogen-bond donors (Lipinski definition) is 2. The van der Waals surface area contributed by atoms with E-state index in [0.717, 1.165) is 59.8 Å². The molecule has 2 rings (SSSR count). The lowest BCUT2D eigenvalue weighted by molar-refractivity contribution is -0.136. The van der Waals surface area contributed by atoms with Crippen molar-refractivity contribution < 1.29 is 14.7 Å². The van der Waals surface area contributed by atoms with Crippen molar-refractivity contribution in [1.29, 1.82) is 0 Å². The van der Waals surface area contributed by atoms with Crippen LogP contribution in [0.25, 0.3) is 0 Å². The largest absolute Gasteiger partial charge is 0.481 e. The fourth-order valence-corrected chi connectivity index (χ4v) is 4.74. The molecule has 0 radical (unpaired) electrons. The van der Waals surface area contributed by atoms with Gasteiger partial charge in [-0.15, -0.1) is 0 Å².